The van der Waals surface area contributed by atoms with Crippen LogP contribution in [0.15, 0.2) is 18.2 Å². The highest BCUT2D eigenvalue weighted by molar-refractivity contribution is 5.78. The first-order chi connectivity index (χ1) is 12.9. The second kappa shape index (κ2) is 7.24. The summed E-state index contributed by atoms with van der Waals surface area (Å²) in [4.78, 5) is 12.2. The van der Waals surface area contributed by atoms with Gasteiger partial charge in [-0.1, -0.05) is 19.9 Å². The van der Waals surface area contributed by atoms with Crippen molar-refractivity contribution >= 4 is 5.78 Å². The highest BCUT2D eigenvalue weighted by Crippen LogP contribution is 2.63. The third kappa shape index (κ3) is 3.22. The number of phenols is 1. The number of hydrogen-bond donors (Lipinski definition) is 2. The molecule has 6 atom stereocenters. The Morgan fingerprint density at radius 1 is 1.22 bits per heavy atom. The van der Waals surface area contributed by atoms with E-state index in [1.807, 2.05) is 12.1 Å². The van der Waals surface area contributed by atoms with E-state index in [0.717, 1.165) is 44.9 Å². The SMILES string of the molecule is CCCC(=O)CC[C@H]1C[C@]2(C)C(O)CC[C@H]2[C@@H]2CCc3cc(O)ccc3[C@@H]12. The smallest absolute Gasteiger partial charge is 0.132 e. The van der Waals surface area contributed by atoms with E-state index in [0.29, 0.717) is 48.0 Å². The van der Waals surface area contributed by atoms with Crippen LogP contribution in [-0.2, 0) is 11.2 Å². The third-order valence-corrected chi connectivity index (χ3v) is 8.10. The third-order valence-electron chi connectivity index (χ3n) is 8.10. The summed E-state index contributed by atoms with van der Waals surface area (Å²) in [5.41, 5.74) is 2.71. The molecule has 3 aliphatic rings. The lowest BCUT2D eigenvalue weighted by Gasteiger charge is -2.54. The maximum atomic E-state index is 12.2. The van der Waals surface area contributed by atoms with Crippen molar-refractivity contribution in [1.82, 2.24) is 0 Å². The molecule has 0 amide bonds. The molecule has 0 saturated heterocycles. The van der Waals surface area contributed by atoms with Crippen LogP contribution < -0.4 is 0 Å². The standard InChI is InChI=1S/C24H34O3/c1-3-4-17(25)7-5-16-14-24(2)21(11-12-22(24)27)20-9-6-15-13-18(26)8-10-19(15)23(16)20/h8,10,13,16,20-23,26-27H,3-7,9,11-12,14H2,1-2H3/t16-,20-,21-,22?,23+,24-/m0/s1. The maximum absolute atomic E-state index is 12.2. The monoisotopic (exact) mass is 370 g/mol. The Morgan fingerprint density at radius 3 is 2.81 bits per heavy atom. The number of Topliss-reactive ketones (excluding diaryl/α,β-unsaturated/α-hetero) is 1. The fraction of sp³-hybridized carbons (Fsp3) is 0.708. The number of aliphatic hydroxyl groups excluding tert-OH is 1. The average Bonchev–Trinajstić information content (AvgIpc) is 2.94. The Bertz CT molecular complexity index is 712. The van der Waals surface area contributed by atoms with Gasteiger partial charge in [-0.2, -0.15) is 0 Å². The Morgan fingerprint density at radius 2 is 2.04 bits per heavy atom. The van der Waals surface area contributed by atoms with Gasteiger partial charge in [-0.15, -0.1) is 0 Å². The lowest BCUT2D eigenvalue weighted by molar-refractivity contribution is -0.120. The van der Waals surface area contributed by atoms with Crippen LogP contribution in [0.5, 0.6) is 5.75 Å². The van der Waals surface area contributed by atoms with Gasteiger partial charge in [0.1, 0.15) is 11.5 Å². The van der Waals surface area contributed by atoms with Gasteiger partial charge in [0, 0.05) is 12.8 Å². The molecule has 1 unspecified atom stereocenters. The summed E-state index contributed by atoms with van der Waals surface area (Å²) in [5.74, 6) is 2.86. The Labute approximate surface area is 163 Å². The van der Waals surface area contributed by atoms with Crippen molar-refractivity contribution in [2.75, 3.05) is 0 Å². The molecule has 4 rings (SSSR count). The molecule has 0 radical (unpaired) electrons. The van der Waals surface area contributed by atoms with Crippen molar-refractivity contribution in [3.63, 3.8) is 0 Å². The van der Waals surface area contributed by atoms with Gasteiger partial charge in [0.25, 0.3) is 0 Å². The molecule has 3 nitrogen and oxygen atoms in total. The number of aryl methyl sites for hydroxylation is 1. The van der Waals surface area contributed by atoms with E-state index >= 15 is 0 Å². The van der Waals surface area contributed by atoms with Crippen LogP contribution in [0.2, 0.25) is 0 Å². The van der Waals surface area contributed by atoms with E-state index in [2.05, 4.69) is 19.9 Å². The normalized spacial score (nSPS) is 37.4. The lowest BCUT2D eigenvalue weighted by Crippen LogP contribution is -2.48. The number of hydrogen-bond acceptors (Lipinski definition) is 3. The van der Waals surface area contributed by atoms with E-state index in [1.165, 1.54) is 11.1 Å². The maximum Gasteiger partial charge on any atom is 0.132 e. The van der Waals surface area contributed by atoms with E-state index in [1.54, 1.807) is 0 Å². The van der Waals surface area contributed by atoms with Gasteiger partial charge in [0.2, 0.25) is 0 Å². The molecule has 0 spiro atoms. The summed E-state index contributed by atoms with van der Waals surface area (Å²) in [6, 6.07) is 5.91. The molecule has 0 bridgehead atoms. The molecule has 0 aromatic heterocycles. The van der Waals surface area contributed by atoms with Gasteiger partial charge in [-0.05, 0) is 97.3 Å². The van der Waals surface area contributed by atoms with E-state index < -0.39 is 0 Å². The Hall–Kier alpha value is -1.35. The van der Waals surface area contributed by atoms with Gasteiger partial charge in [0.05, 0.1) is 6.10 Å². The van der Waals surface area contributed by atoms with Gasteiger partial charge >= 0.3 is 0 Å². The molecule has 148 valence electrons. The van der Waals surface area contributed by atoms with Crippen LogP contribution in [0.1, 0.15) is 82.3 Å². The molecule has 3 aliphatic carbocycles. The highest BCUT2D eigenvalue weighted by atomic mass is 16.3. The summed E-state index contributed by atoms with van der Waals surface area (Å²) in [5, 5.41) is 20.7. The number of phenolic OH excluding ortho intramolecular Hbond substituents is 1. The zero-order valence-corrected chi connectivity index (χ0v) is 16.8. The van der Waals surface area contributed by atoms with E-state index in [-0.39, 0.29) is 11.5 Å². The minimum atomic E-state index is -0.196. The molecule has 2 fully saturated rings. The molecular weight excluding hydrogens is 336 g/mol. The number of carbonyl (C=O) groups excluding carboxylic acids is 1. The zero-order chi connectivity index (χ0) is 19.2. The minimum Gasteiger partial charge on any atom is -0.508 e. The predicted octanol–water partition coefficient (Wildman–Crippen LogP) is 4.98. The second-order valence-corrected chi connectivity index (χ2v) is 9.61. The molecule has 27 heavy (non-hydrogen) atoms. The fourth-order valence-electron chi connectivity index (χ4n) is 6.88. The number of rotatable bonds is 5. The topological polar surface area (TPSA) is 57.5 Å². The largest absolute Gasteiger partial charge is 0.508 e. The molecule has 0 heterocycles. The van der Waals surface area contributed by atoms with Gasteiger partial charge < -0.3 is 10.2 Å². The number of aliphatic hydroxyl groups is 1. The quantitative estimate of drug-likeness (QED) is 0.768. The Balaban J connectivity index is 1.66. The van der Waals surface area contributed by atoms with Gasteiger partial charge in [-0.3, -0.25) is 4.79 Å². The van der Waals surface area contributed by atoms with Crippen LogP contribution >= 0.6 is 0 Å². The van der Waals surface area contributed by atoms with E-state index in [9.17, 15) is 15.0 Å². The molecule has 3 heteroatoms. The minimum absolute atomic E-state index is 0.00800. The molecule has 1 aromatic carbocycles. The highest BCUT2D eigenvalue weighted by Gasteiger charge is 2.57. The first-order valence-corrected chi connectivity index (χ1v) is 11.0. The van der Waals surface area contributed by atoms with Gasteiger partial charge in [-0.25, -0.2) is 0 Å². The second-order valence-electron chi connectivity index (χ2n) is 9.61. The molecule has 1 aromatic rings. The number of fused-ring (bicyclic) bond motifs is 5. The number of ketones is 1. The number of benzene rings is 1. The van der Waals surface area contributed by atoms with Crippen molar-refractivity contribution in [1.29, 1.82) is 0 Å². The zero-order valence-electron chi connectivity index (χ0n) is 16.8. The van der Waals surface area contributed by atoms with Crippen molar-refractivity contribution in [2.24, 2.45) is 23.2 Å². The fourth-order valence-corrected chi connectivity index (χ4v) is 6.88. The van der Waals surface area contributed by atoms with Crippen molar-refractivity contribution < 1.29 is 15.0 Å². The summed E-state index contributed by atoms with van der Waals surface area (Å²) in [7, 11) is 0. The first kappa shape index (κ1) is 19.0. The summed E-state index contributed by atoms with van der Waals surface area (Å²) < 4.78 is 0. The lowest BCUT2D eigenvalue weighted by atomic mass is 9.51. The van der Waals surface area contributed by atoms with Crippen molar-refractivity contribution in [3.8, 4) is 5.75 Å². The van der Waals surface area contributed by atoms with Crippen LogP contribution in [0, 0.1) is 23.2 Å². The summed E-state index contributed by atoms with van der Waals surface area (Å²) >= 11 is 0. The Kier molecular flexibility index (Phi) is 5.09. The van der Waals surface area contributed by atoms with Crippen LogP contribution in [0.3, 0.4) is 0 Å². The predicted molar refractivity (Wildman–Crippen MR) is 107 cm³/mol. The van der Waals surface area contributed by atoms with E-state index in [4.69, 9.17) is 0 Å². The van der Waals surface area contributed by atoms with Gasteiger partial charge in [0.15, 0.2) is 0 Å². The molecule has 0 aliphatic heterocycles. The average molecular weight is 371 g/mol. The van der Waals surface area contributed by atoms with Crippen molar-refractivity contribution in [2.45, 2.75) is 83.7 Å². The van der Waals surface area contributed by atoms with Crippen LogP contribution in [0.4, 0.5) is 0 Å². The first-order valence-electron chi connectivity index (χ1n) is 11.0. The molecular formula is C24H34O3. The number of aromatic hydroxyl groups is 1. The summed E-state index contributed by atoms with van der Waals surface area (Å²) in [6.07, 6.45) is 8.29. The molecule has 2 N–H and O–H groups in total. The molecule has 2 saturated carbocycles. The summed E-state index contributed by atoms with van der Waals surface area (Å²) in [6.45, 7) is 4.37. The van der Waals surface area contributed by atoms with Crippen LogP contribution in [0.25, 0.3) is 0 Å². The van der Waals surface area contributed by atoms with Crippen LogP contribution in [-0.4, -0.2) is 22.1 Å². The number of carbonyl (C=O) groups is 1. The van der Waals surface area contributed by atoms with Crippen molar-refractivity contribution in [3.05, 3.63) is 29.3 Å².